The van der Waals surface area contributed by atoms with Crippen LogP contribution in [0.2, 0.25) is 0 Å². The molecule has 0 saturated carbocycles. The summed E-state index contributed by atoms with van der Waals surface area (Å²) >= 11 is 2.56. The lowest BCUT2D eigenvalue weighted by atomic mass is 10.1. The zero-order chi connectivity index (χ0) is 24.1. The molecule has 2 N–H and O–H groups in total. The summed E-state index contributed by atoms with van der Waals surface area (Å²) in [5.41, 5.74) is -0.147. The van der Waals surface area contributed by atoms with Gasteiger partial charge in [0.1, 0.15) is 21.3 Å². The molecule has 0 radical (unpaired) electrons. The molecule has 0 unspecified atom stereocenters. The number of aromatic nitrogens is 2. The van der Waals surface area contributed by atoms with Gasteiger partial charge in [-0.2, -0.15) is 0 Å². The lowest BCUT2D eigenvalue weighted by molar-refractivity contribution is 0.0486. The number of hydrogen-bond donors (Lipinski definition) is 2. The van der Waals surface area contributed by atoms with Crippen LogP contribution < -0.4 is 10.6 Å². The van der Waals surface area contributed by atoms with Crippen LogP contribution in [0.15, 0.2) is 10.8 Å². The number of hydrogen-bond acceptors (Lipinski definition) is 9. The molecule has 2 atom stereocenters. The van der Waals surface area contributed by atoms with E-state index in [9.17, 15) is 14.4 Å². The van der Waals surface area contributed by atoms with Gasteiger partial charge in [0.25, 0.3) is 5.91 Å². The maximum absolute atomic E-state index is 12.7. The molecule has 0 aromatic carbocycles. The number of nitrogens with one attached hydrogen (secondary N) is 2. The summed E-state index contributed by atoms with van der Waals surface area (Å²) in [5, 5.41) is 10.1. The summed E-state index contributed by atoms with van der Waals surface area (Å²) in [6.45, 7) is 13.1. The van der Waals surface area contributed by atoms with Crippen LogP contribution in [-0.4, -0.2) is 40.1 Å². The number of ether oxygens (including phenoxy) is 2. The van der Waals surface area contributed by atoms with E-state index in [0.717, 1.165) is 0 Å². The molecule has 9 nitrogen and oxygen atoms in total. The fraction of sp³-hybridized carbons (Fsp3) is 0.571. The van der Waals surface area contributed by atoms with E-state index in [-0.39, 0.29) is 35.9 Å². The van der Waals surface area contributed by atoms with Crippen molar-refractivity contribution in [2.45, 2.75) is 66.2 Å². The highest BCUT2D eigenvalue weighted by Crippen LogP contribution is 2.26. The van der Waals surface area contributed by atoms with E-state index in [0.29, 0.717) is 10.0 Å². The van der Waals surface area contributed by atoms with Crippen LogP contribution in [0.3, 0.4) is 0 Å². The molecule has 0 fully saturated rings. The highest BCUT2D eigenvalue weighted by Gasteiger charge is 2.26. The Bertz CT molecular complexity index is 948. The maximum Gasteiger partial charge on any atom is 0.408 e. The van der Waals surface area contributed by atoms with Gasteiger partial charge in [-0.25, -0.2) is 19.6 Å². The van der Waals surface area contributed by atoms with E-state index in [1.807, 2.05) is 13.8 Å². The van der Waals surface area contributed by atoms with Gasteiger partial charge < -0.3 is 20.1 Å². The molecule has 32 heavy (non-hydrogen) atoms. The van der Waals surface area contributed by atoms with Crippen LogP contribution in [0, 0.1) is 5.92 Å². The van der Waals surface area contributed by atoms with Crippen molar-refractivity contribution in [2.75, 3.05) is 6.61 Å². The van der Waals surface area contributed by atoms with Gasteiger partial charge in [-0.3, -0.25) is 4.79 Å². The minimum atomic E-state index is -0.612. The second-order valence-electron chi connectivity index (χ2n) is 8.43. The van der Waals surface area contributed by atoms with Crippen molar-refractivity contribution in [2.24, 2.45) is 5.92 Å². The molecule has 0 aliphatic heterocycles. The van der Waals surface area contributed by atoms with Crippen LogP contribution >= 0.6 is 22.7 Å². The molecule has 2 heterocycles. The SMILES string of the molecule is CCOC(=O)c1csc([C@@H](C)NC(=O)c2csc([C@H](NC(=O)OC(C)(C)C)C(C)C)n2)n1. The van der Waals surface area contributed by atoms with Gasteiger partial charge in [0.15, 0.2) is 5.69 Å². The summed E-state index contributed by atoms with van der Waals surface area (Å²) in [7, 11) is 0. The Morgan fingerprint density at radius 2 is 1.59 bits per heavy atom. The molecule has 176 valence electrons. The zero-order valence-electron chi connectivity index (χ0n) is 19.3. The third-order valence-electron chi connectivity index (χ3n) is 4.08. The fourth-order valence-electron chi connectivity index (χ4n) is 2.60. The normalized spacial score (nSPS) is 13.4. The Morgan fingerprint density at radius 3 is 2.19 bits per heavy atom. The Kier molecular flexibility index (Phi) is 8.73. The quantitative estimate of drug-likeness (QED) is 0.532. The monoisotopic (exact) mass is 482 g/mol. The van der Waals surface area contributed by atoms with Crippen molar-refractivity contribution in [1.82, 2.24) is 20.6 Å². The molecule has 0 aliphatic rings. The van der Waals surface area contributed by atoms with Crippen molar-refractivity contribution in [3.63, 3.8) is 0 Å². The maximum atomic E-state index is 12.7. The number of thiazole rings is 2. The predicted molar refractivity (Wildman–Crippen MR) is 123 cm³/mol. The second-order valence-corrected chi connectivity index (χ2v) is 10.2. The molecule has 2 aromatic heterocycles. The van der Waals surface area contributed by atoms with E-state index >= 15 is 0 Å². The standard InChI is InChI=1S/C21H30N4O5S2/c1-8-29-19(27)14-10-31-17(24-14)12(4)22-16(26)13-9-32-18(23-13)15(11(2)3)25-20(28)30-21(5,6)7/h9-12,15H,8H2,1-7H3,(H,22,26)(H,25,28)/t12-,15-/m1/s1. The smallest absolute Gasteiger partial charge is 0.408 e. The molecule has 0 aliphatic carbocycles. The largest absolute Gasteiger partial charge is 0.461 e. The van der Waals surface area contributed by atoms with E-state index in [2.05, 4.69) is 20.6 Å². The van der Waals surface area contributed by atoms with Crippen LogP contribution in [0.5, 0.6) is 0 Å². The lowest BCUT2D eigenvalue weighted by Gasteiger charge is -2.24. The molecular formula is C21H30N4O5S2. The van der Waals surface area contributed by atoms with Gasteiger partial charge in [0.05, 0.1) is 18.7 Å². The van der Waals surface area contributed by atoms with Crippen molar-refractivity contribution in [1.29, 1.82) is 0 Å². The number of alkyl carbamates (subject to hydrolysis) is 1. The summed E-state index contributed by atoms with van der Waals surface area (Å²) in [6, 6.07) is -0.804. The van der Waals surface area contributed by atoms with Crippen LogP contribution in [0.25, 0.3) is 0 Å². The first-order valence-electron chi connectivity index (χ1n) is 10.3. The Hall–Kier alpha value is -2.53. The van der Waals surface area contributed by atoms with E-state index < -0.39 is 23.7 Å². The molecule has 2 aromatic rings. The molecule has 2 amide bonds. The zero-order valence-corrected chi connectivity index (χ0v) is 21.0. The fourth-order valence-corrected chi connectivity index (χ4v) is 4.42. The highest BCUT2D eigenvalue weighted by molar-refractivity contribution is 7.10. The van der Waals surface area contributed by atoms with Gasteiger partial charge in [0, 0.05) is 10.8 Å². The first-order chi connectivity index (χ1) is 14.9. The van der Waals surface area contributed by atoms with Gasteiger partial charge in [0.2, 0.25) is 0 Å². The third kappa shape index (κ3) is 7.27. The summed E-state index contributed by atoms with van der Waals surface area (Å²) in [6.07, 6.45) is -0.535. The predicted octanol–water partition coefficient (Wildman–Crippen LogP) is 4.49. The molecular weight excluding hydrogens is 452 g/mol. The number of amides is 2. The number of carbonyl (C=O) groups excluding carboxylic acids is 3. The van der Waals surface area contributed by atoms with Gasteiger partial charge in [-0.15, -0.1) is 22.7 Å². The first-order valence-corrected chi connectivity index (χ1v) is 12.1. The average Bonchev–Trinajstić information content (AvgIpc) is 3.34. The minimum absolute atomic E-state index is 0.0418. The topological polar surface area (TPSA) is 120 Å². The highest BCUT2D eigenvalue weighted by atomic mass is 32.1. The van der Waals surface area contributed by atoms with Crippen molar-refractivity contribution >= 4 is 40.6 Å². The van der Waals surface area contributed by atoms with Gasteiger partial charge in [-0.1, -0.05) is 13.8 Å². The van der Waals surface area contributed by atoms with E-state index in [1.165, 1.54) is 22.7 Å². The third-order valence-corrected chi connectivity index (χ3v) is 6.04. The van der Waals surface area contributed by atoms with E-state index in [4.69, 9.17) is 9.47 Å². The van der Waals surface area contributed by atoms with Gasteiger partial charge >= 0.3 is 12.1 Å². The summed E-state index contributed by atoms with van der Waals surface area (Å²) in [5.74, 6) is -0.817. The number of esters is 1. The molecule has 0 bridgehead atoms. The van der Waals surface area contributed by atoms with Crippen LogP contribution in [-0.2, 0) is 9.47 Å². The van der Waals surface area contributed by atoms with Crippen LogP contribution in [0.1, 0.15) is 91.5 Å². The lowest BCUT2D eigenvalue weighted by Crippen LogP contribution is -2.36. The number of nitrogens with zero attached hydrogens (tertiary/aromatic N) is 2. The van der Waals surface area contributed by atoms with Crippen molar-refractivity contribution in [3.8, 4) is 0 Å². The Labute approximate surface area is 195 Å². The van der Waals surface area contributed by atoms with Crippen molar-refractivity contribution in [3.05, 3.63) is 32.2 Å². The second kappa shape index (κ2) is 10.9. The van der Waals surface area contributed by atoms with Crippen LogP contribution in [0.4, 0.5) is 4.79 Å². The average molecular weight is 483 g/mol. The Balaban J connectivity index is 2.05. The molecule has 0 spiro atoms. The number of rotatable bonds is 8. The van der Waals surface area contributed by atoms with E-state index in [1.54, 1.807) is 45.4 Å². The number of carbonyl (C=O) groups is 3. The summed E-state index contributed by atoms with van der Waals surface area (Å²) in [4.78, 5) is 45.4. The van der Waals surface area contributed by atoms with Gasteiger partial charge in [-0.05, 0) is 40.5 Å². The first kappa shape index (κ1) is 25.7. The summed E-state index contributed by atoms with van der Waals surface area (Å²) < 4.78 is 10.3. The Morgan fingerprint density at radius 1 is 1.00 bits per heavy atom. The van der Waals surface area contributed by atoms with Crippen molar-refractivity contribution < 1.29 is 23.9 Å². The molecule has 0 saturated heterocycles. The minimum Gasteiger partial charge on any atom is -0.461 e. The molecule has 2 rings (SSSR count). The molecule has 11 heteroatoms.